The van der Waals surface area contributed by atoms with E-state index in [2.05, 4.69) is 213 Å². The Hall–Kier alpha value is -7.20. The van der Waals surface area contributed by atoms with Crippen molar-refractivity contribution in [3.05, 3.63) is 236 Å². The first kappa shape index (κ1) is 35.9. The Morgan fingerprint density at radius 2 is 0.867 bits per heavy atom. The minimum Gasteiger partial charge on any atom is -0.457 e. The molecule has 0 saturated carbocycles. The lowest BCUT2D eigenvalue weighted by atomic mass is 9.81. The van der Waals surface area contributed by atoms with Gasteiger partial charge in [-0.2, -0.15) is 0 Å². The molecule has 0 fully saturated rings. The molecule has 0 aliphatic heterocycles. The Labute approximate surface area is 352 Å². The normalized spacial score (nSPS) is 13.0. The SMILES string of the molecule is CC1(C)c2cc(-c3ccc4c(c3)c3ccccc3n4-c3ccc(Oc4ccccc4)cc3)ccc2-c2ccc([Si](c3ccccc3)(c3ccccc3)c3ccccc3)cc21. The van der Waals surface area contributed by atoms with Crippen LogP contribution in [-0.2, 0) is 5.41 Å². The molecule has 3 heteroatoms. The molecular formula is C57H43NOSi. The fraction of sp³-hybridized carbons (Fsp3) is 0.0526. The van der Waals surface area contributed by atoms with E-state index >= 15 is 0 Å². The van der Waals surface area contributed by atoms with Crippen molar-refractivity contribution in [1.82, 2.24) is 4.57 Å². The lowest BCUT2D eigenvalue weighted by molar-refractivity contribution is 0.482. The number of rotatable bonds is 8. The van der Waals surface area contributed by atoms with Crippen molar-refractivity contribution in [2.24, 2.45) is 0 Å². The third kappa shape index (κ3) is 5.69. The van der Waals surface area contributed by atoms with E-state index in [1.165, 1.54) is 75.9 Å². The summed E-state index contributed by atoms with van der Waals surface area (Å²) in [5, 5.41) is 8.07. The van der Waals surface area contributed by atoms with Crippen molar-refractivity contribution in [3.8, 4) is 39.4 Å². The maximum Gasteiger partial charge on any atom is 0.179 e. The largest absolute Gasteiger partial charge is 0.457 e. The lowest BCUT2D eigenvalue weighted by Gasteiger charge is -2.35. The van der Waals surface area contributed by atoms with E-state index in [9.17, 15) is 0 Å². The van der Waals surface area contributed by atoms with Crippen LogP contribution < -0.4 is 25.5 Å². The molecule has 11 rings (SSSR count). The minimum absolute atomic E-state index is 0.197. The first-order valence-electron chi connectivity index (χ1n) is 20.8. The first-order valence-corrected chi connectivity index (χ1v) is 22.8. The van der Waals surface area contributed by atoms with Gasteiger partial charge in [-0.15, -0.1) is 0 Å². The van der Waals surface area contributed by atoms with Crippen LogP contribution in [0.4, 0.5) is 0 Å². The molecule has 9 aromatic carbocycles. The zero-order valence-corrected chi connectivity index (χ0v) is 34.7. The molecule has 2 nitrogen and oxygen atoms in total. The summed E-state index contributed by atoms with van der Waals surface area (Å²) in [5.41, 5.74) is 11.2. The molecule has 0 N–H and O–H groups in total. The molecule has 0 amide bonds. The van der Waals surface area contributed by atoms with E-state index in [1.807, 2.05) is 30.3 Å². The highest BCUT2D eigenvalue weighted by Gasteiger charge is 2.44. The van der Waals surface area contributed by atoms with Gasteiger partial charge in [-0.1, -0.05) is 178 Å². The standard InChI is InChI=1S/C57H43NOSi/c1-57(2)53-38-41(40-28-36-56-52(37-40)51-25-15-16-26-55(51)58(56)42-29-31-44(32-30-42)59-43-17-7-3-8-18-43)27-34-49(53)50-35-33-48(39-54(50)57)60(45-19-9-4-10-20-45,46-21-11-5-12-22-46)47-23-13-6-14-24-47/h3-39H,1-2H3. The Bertz CT molecular complexity index is 3070. The molecular weight excluding hydrogens is 743 g/mol. The van der Waals surface area contributed by atoms with Crippen LogP contribution in [-0.4, -0.2) is 12.6 Å². The number of fused-ring (bicyclic) bond motifs is 6. The van der Waals surface area contributed by atoms with Crippen molar-refractivity contribution < 1.29 is 4.74 Å². The molecule has 60 heavy (non-hydrogen) atoms. The minimum atomic E-state index is -2.67. The monoisotopic (exact) mass is 785 g/mol. The molecule has 0 atom stereocenters. The van der Waals surface area contributed by atoms with Crippen molar-refractivity contribution >= 4 is 50.6 Å². The van der Waals surface area contributed by atoms with Gasteiger partial charge < -0.3 is 9.30 Å². The van der Waals surface area contributed by atoms with Gasteiger partial charge in [0.25, 0.3) is 0 Å². The van der Waals surface area contributed by atoms with Crippen LogP contribution >= 0.6 is 0 Å². The van der Waals surface area contributed by atoms with Gasteiger partial charge in [-0.3, -0.25) is 0 Å². The topological polar surface area (TPSA) is 14.2 Å². The summed E-state index contributed by atoms with van der Waals surface area (Å²) in [6.07, 6.45) is 0. The van der Waals surface area contributed by atoms with Gasteiger partial charge in [0.05, 0.1) is 11.0 Å². The van der Waals surface area contributed by atoms with Crippen molar-refractivity contribution in [1.29, 1.82) is 0 Å². The second kappa shape index (κ2) is 14.3. The number of para-hydroxylation sites is 2. The highest BCUT2D eigenvalue weighted by molar-refractivity contribution is 7.19. The maximum absolute atomic E-state index is 6.13. The van der Waals surface area contributed by atoms with E-state index in [0.29, 0.717) is 0 Å². The average molecular weight is 786 g/mol. The smallest absolute Gasteiger partial charge is 0.179 e. The second-order valence-corrected chi connectivity index (χ2v) is 20.3. The molecule has 0 radical (unpaired) electrons. The summed E-state index contributed by atoms with van der Waals surface area (Å²) in [5.74, 6) is 1.65. The molecule has 0 bridgehead atoms. The molecule has 1 aliphatic carbocycles. The van der Waals surface area contributed by atoms with Gasteiger partial charge in [0, 0.05) is 21.9 Å². The first-order chi connectivity index (χ1) is 29.5. The van der Waals surface area contributed by atoms with E-state index in [0.717, 1.165) is 17.2 Å². The molecule has 0 unspecified atom stereocenters. The summed E-state index contributed by atoms with van der Waals surface area (Å²) in [6, 6.07) is 82.3. The van der Waals surface area contributed by atoms with Crippen molar-refractivity contribution in [3.63, 3.8) is 0 Å². The van der Waals surface area contributed by atoms with E-state index in [4.69, 9.17) is 4.74 Å². The van der Waals surface area contributed by atoms with E-state index in [1.54, 1.807) is 0 Å². The number of ether oxygens (including phenoxy) is 1. The summed E-state index contributed by atoms with van der Waals surface area (Å²) in [7, 11) is -2.67. The third-order valence-corrected chi connectivity index (χ3v) is 17.6. The van der Waals surface area contributed by atoms with Gasteiger partial charge in [0.1, 0.15) is 11.5 Å². The highest BCUT2D eigenvalue weighted by Crippen LogP contribution is 2.49. The number of nitrogens with zero attached hydrogens (tertiary/aromatic N) is 1. The molecule has 1 aromatic heterocycles. The Morgan fingerprint density at radius 1 is 0.383 bits per heavy atom. The van der Waals surface area contributed by atoms with E-state index in [-0.39, 0.29) is 5.41 Å². The predicted molar refractivity (Wildman–Crippen MR) is 254 cm³/mol. The van der Waals surface area contributed by atoms with E-state index < -0.39 is 8.07 Å². The fourth-order valence-electron chi connectivity index (χ4n) is 9.93. The van der Waals surface area contributed by atoms with Gasteiger partial charge in [0.15, 0.2) is 8.07 Å². The average Bonchev–Trinajstić information content (AvgIpc) is 3.75. The quantitative estimate of drug-likeness (QED) is 0.111. The highest BCUT2D eigenvalue weighted by atomic mass is 28.3. The van der Waals surface area contributed by atoms with Crippen LogP contribution in [0.3, 0.4) is 0 Å². The lowest BCUT2D eigenvalue weighted by Crippen LogP contribution is -2.74. The van der Waals surface area contributed by atoms with Gasteiger partial charge in [-0.25, -0.2) is 0 Å². The van der Waals surface area contributed by atoms with Crippen LogP contribution in [0, 0.1) is 0 Å². The summed E-state index contributed by atoms with van der Waals surface area (Å²) >= 11 is 0. The molecule has 0 saturated heterocycles. The second-order valence-electron chi connectivity index (χ2n) is 16.5. The van der Waals surface area contributed by atoms with Gasteiger partial charge in [0.2, 0.25) is 0 Å². The zero-order chi connectivity index (χ0) is 40.3. The van der Waals surface area contributed by atoms with Gasteiger partial charge in [-0.05, 0) is 115 Å². The zero-order valence-electron chi connectivity index (χ0n) is 33.7. The summed E-state index contributed by atoms with van der Waals surface area (Å²) in [6.45, 7) is 4.82. The Balaban J connectivity index is 0.997. The van der Waals surface area contributed by atoms with Crippen LogP contribution in [0.2, 0.25) is 0 Å². The number of benzene rings is 9. The Morgan fingerprint density at radius 3 is 1.50 bits per heavy atom. The van der Waals surface area contributed by atoms with Crippen molar-refractivity contribution in [2.75, 3.05) is 0 Å². The molecule has 10 aromatic rings. The number of hydrogen-bond acceptors (Lipinski definition) is 1. The predicted octanol–water partition coefficient (Wildman–Crippen LogP) is 11.9. The van der Waals surface area contributed by atoms with Gasteiger partial charge >= 0.3 is 0 Å². The van der Waals surface area contributed by atoms with Crippen LogP contribution in [0.15, 0.2) is 224 Å². The fourth-order valence-corrected chi connectivity index (χ4v) is 14.7. The summed E-state index contributed by atoms with van der Waals surface area (Å²) < 4.78 is 8.49. The van der Waals surface area contributed by atoms with Crippen LogP contribution in [0.1, 0.15) is 25.0 Å². The summed E-state index contributed by atoms with van der Waals surface area (Å²) in [4.78, 5) is 0. The molecule has 1 heterocycles. The van der Waals surface area contributed by atoms with Crippen molar-refractivity contribution in [2.45, 2.75) is 19.3 Å². The Kier molecular flexibility index (Phi) is 8.54. The molecule has 286 valence electrons. The number of aromatic nitrogens is 1. The van der Waals surface area contributed by atoms with Crippen LogP contribution in [0.5, 0.6) is 11.5 Å². The number of hydrogen-bond donors (Lipinski definition) is 0. The maximum atomic E-state index is 6.13. The third-order valence-electron chi connectivity index (χ3n) is 12.8. The molecule has 1 aliphatic rings. The van der Waals surface area contributed by atoms with Crippen LogP contribution in [0.25, 0.3) is 49.7 Å². The molecule has 0 spiro atoms.